The summed E-state index contributed by atoms with van der Waals surface area (Å²) in [4.78, 5) is 4.53. The number of imidazole rings is 1. The summed E-state index contributed by atoms with van der Waals surface area (Å²) in [5.41, 5.74) is 2.59. The Morgan fingerprint density at radius 1 is 1.47 bits per heavy atom. The van der Waals surface area contributed by atoms with Crippen LogP contribution in [-0.4, -0.2) is 22.8 Å². The quantitative estimate of drug-likeness (QED) is 0.754. The molecule has 17 heavy (non-hydrogen) atoms. The molecule has 0 bridgehead atoms. The molecule has 4 heteroatoms. The van der Waals surface area contributed by atoms with E-state index in [1.165, 1.54) is 0 Å². The summed E-state index contributed by atoms with van der Waals surface area (Å²) in [6, 6.07) is 7.69. The molecular formula is C13H15N3O. The van der Waals surface area contributed by atoms with E-state index in [4.69, 9.17) is 10.00 Å². The highest BCUT2D eigenvalue weighted by molar-refractivity contribution is 5.77. The Morgan fingerprint density at radius 2 is 2.29 bits per heavy atom. The zero-order valence-electron chi connectivity index (χ0n) is 10.1. The van der Waals surface area contributed by atoms with Gasteiger partial charge in [0.15, 0.2) is 0 Å². The number of ether oxygens (including phenoxy) is 1. The van der Waals surface area contributed by atoms with Gasteiger partial charge >= 0.3 is 0 Å². The van der Waals surface area contributed by atoms with Crippen molar-refractivity contribution in [3.05, 3.63) is 29.6 Å². The molecule has 0 fully saturated rings. The number of aromatic nitrogens is 2. The molecule has 4 nitrogen and oxygen atoms in total. The molecule has 2 aromatic rings. The zero-order valence-corrected chi connectivity index (χ0v) is 10.1. The van der Waals surface area contributed by atoms with Gasteiger partial charge < -0.3 is 9.30 Å². The van der Waals surface area contributed by atoms with Crippen molar-refractivity contribution in [2.24, 2.45) is 7.05 Å². The van der Waals surface area contributed by atoms with Crippen LogP contribution in [0.4, 0.5) is 0 Å². The number of benzene rings is 1. The standard InChI is InChI=1S/C13H15N3O/c1-3-17-7-6-13-15-11-5-4-10(9-14)8-12(11)16(13)2/h4-5,8H,3,6-7H2,1-2H3. The molecule has 0 radical (unpaired) electrons. The molecule has 0 aliphatic rings. The summed E-state index contributed by atoms with van der Waals surface area (Å²) in [6.45, 7) is 3.38. The van der Waals surface area contributed by atoms with E-state index < -0.39 is 0 Å². The number of rotatable bonds is 4. The third-order valence-corrected chi connectivity index (χ3v) is 2.78. The molecule has 0 aliphatic carbocycles. The van der Waals surface area contributed by atoms with E-state index in [-0.39, 0.29) is 0 Å². The molecule has 0 N–H and O–H groups in total. The monoisotopic (exact) mass is 229 g/mol. The number of hydrogen-bond acceptors (Lipinski definition) is 3. The first-order chi connectivity index (χ1) is 8.26. The van der Waals surface area contributed by atoms with Gasteiger partial charge in [0.1, 0.15) is 5.82 Å². The fourth-order valence-corrected chi connectivity index (χ4v) is 1.84. The molecule has 1 heterocycles. The van der Waals surface area contributed by atoms with Gasteiger partial charge in [0, 0.05) is 20.1 Å². The van der Waals surface area contributed by atoms with Crippen LogP contribution in [0.2, 0.25) is 0 Å². The number of aryl methyl sites for hydroxylation is 1. The maximum absolute atomic E-state index is 8.87. The minimum Gasteiger partial charge on any atom is -0.381 e. The van der Waals surface area contributed by atoms with Gasteiger partial charge in [0.2, 0.25) is 0 Å². The summed E-state index contributed by atoms with van der Waals surface area (Å²) in [7, 11) is 1.97. The van der Waals surface area contributed by atoms with Gasteiger partial charge in [-0.2, -0.15) is 5.26 Å². The number of nitriles is 1. The Labute approximate surface area is 100 Å². The predicted molar refractivity (Wildman–Crippen MR) is 65.6 cm³/mol. The summed E-state index contributed by atoms with van der Waals surface area (Å²) in [5, 5.41) is 8.87. The fraction of sp³-hybridized carbons (Fsp3) is 0.385. The number of nitrogens with zero attached hydrogens (tertiary/aromatic N) is 3. The van der Waals surface area contributed by atoms with E-state index in [0.717, 1.165) is 29.9 Å². The molecule has 0 amide bonds. The van der Waals surface area contributed by atoms with Crippen molar-refractivity contribution in [3.8, 4) is 6.07 Å². The van der Waals surface area contributed by atoms with Gasteiger partial charge in [-0.05, 0) is 25.1 Å². The summed E-state index contributed by atoms with van der Waals surface area (Å²) in [6.07, 6.45) is 0.793. The molecule has 0 atom stereocenters. The summed E-state index contributed by atoms with van der Waals surface area (Å²) in [5.74, 6) is 0.989. The Morgan fingerprint density at radius 3 is 3.00 bits per heavy atom. The van der Waals surface area contributed by atoms with E-state index in [9.17, 15) is 0 Å². The Kier molecular flexibility index (Phi) is 3.40. The zero-order chi connectivity index (χ0) is 12.3. The minimum atomic E-state index is 0.664. The van der Waals surface area contributed by atoms with E-state index in [0.29, 0.717) is 12.2 Å². The molecule has 1 aromatic carbocycles. The largest absolute Gasteiger partial charge is 0.381 e. The molecule has 2 rings (SSSR count). The van der Waals surface area contributed by atoms with Gasteiger partial charge in [0.25, 0.3) is 0 Å². The average molecular weight is 229 g/mol. The molecule has 0 aliphatic heterocycles. The smallest absolute Gasteiger partial charge is 0.111 e. The highest BCUT2D eigenvalue weighted by Crippen LogP contribution is 2.16. The van der Waals surface area contributed by atoms with Crippen molar-refractivity contribution in [2.75, 3.05) is 13.2 Å². The second kappa shape index (κ2) is 4.98. The van der Waals surface area contributed by atoms with Crippen LogP contribution < -0.4 is 0 Å². The van der Waals surface area contributed by atoms with Crippen LogP contribution in [0.3, 0.4) is 0 Å². The van der Waals surface area contributed by atoms with Crippen molar-refractivity contribution in [3.63, 3.8) is 0 Å². The molecular weight excluding hydrogens is 214 g/mol. The molecule has 0 spiro atoms. The molecule has 1 aromatic heterocycles. The lowest BCUT2D eigenvalue weighted by Crippen LogP contribution is -2.04. The van der Waals surface area contributed by atoms with E-state index in [1.807, 2.05) is 30.7 Å². The van der Waals surface area contributed by atoms with Crippen molar-refractivity contribution in [1.82, 2.24) is 9.55 Å². The maximum Gasteiger partial charge on any atom is 0.111 e. The van der Waals surface area contributed by atoms with Crippen LogP contribution in [0.5, 0.6) is 0 Å². The first-order valence-electron chi connectivity index (χ1n) is 5.69. The Bertz CT molecular complexity index is 566. The molecule has 0 saturated carbocycles. The first-order valence-corrected chi connectivity index (χ1v) is 5.69. The third-order valence-electron chi connectivity index (χ3n) is 2.78. The van der Waals surface area contributed by atoms with Crippen LogP contribution >= 0.6 is 0 Å². The van der Waals surface area contributed by atoms with Gasteiger partial charge in [-0.3, -0.25) is 0 Å². The number of fused-ring (bicyclic) bond motifs is 1. The number of hydrogen-bond donors (Lipinski definition) is 0. The maximum atomic E-state index is 8.87. The normalized spacial score (nSPS) is 10.6. The lowest BCUT2D eigenvalue weighted by atomic mass is 10.2. The van der Waals surface area contributed by atoms with Crippen molar-refractivity contribution >= 4 is 11.0 Å². The van der Waals surface area contributed by atoms with Gasteiger partial charge in [-0.15, -0.1) is 0 Å². The highest BCUT2D eigenvalue weighted by atomic mass is 16.5. The van der Waals surface area contributed by atoms with Gasteiger partial charge in [-0.1, -0.05) is 0 Å². The predicted octanol–water partition coefficient (Wildman–Crippen LogP) is 2.02. The van der Waals surface area contributed by atoms with Crippen molar-refractivity contribution < 1.29 is 4.74 Å². The van der Waals surface area contributed by atoms with Crippen LogP contribution in [-0.2, 0) is 18.2 Å². The lowest BCUT2D eigenvalue weighted by molar-refractivity contribution is 0.149. The van der Waals surface area contributed by atoms with Crippen molar-refractivity contribution in [2.45, 2.75) is 13.3 Å². The van der Waals surface area contributed by atoms with E-state index >= 15 is 0 Å². The van der Waals surface area contributed by atoms with E-state index in [2.05, 4.69) is 11.1 Å². The summed E-state index contributed by atoms with van der Waals surface area (Å²) >= 11 is 0. The van der Waals surface area contributed by atoms with Crippen LogP contribution in [0.1, 0.15) is 18.3 Å². The Balaban J connectivity index is 2.33. The second-order valence-electron chi connectivity index (χ2n) is 3.85. The second-order valence-corrected chi connectivity index (χ2v) is 3.85. The van der Waals surface area contributed by atoms with Crippen molar-refractivity contribution in [1.29, 1.82) is 5.26 Å². The average Bonchev–Trinajstić information content (AvgIpc) is 2.66. The molecule has 0 unspecified atom stereocenters. The third kappa shape index (κ3) is 2.29. The molecule has 0 saturated heterocycles. The van der Waals surface area contributed by atoms with Gasteiger partial charge in [0.05, 0.1) is 29.3 Å². The fourth-order valence-electron chi connectivity index (χ4n) is 1.84. The van der Waals surface area contributed by atoms with Gasteiger partial charge in [-0.25, -0.2) is 4.98 Å². The van der Waals surface area contributed by atoms with Crippen LogP contribution in [0.25, 0.3) is 11.0 Å². The minimum absolute atomic E-state index is 0.664. The van der Waals surface area contributed by atoms with Crippen LogP contribution in [0, 0.1) is 11.3 Å². The lowest BCUT2D eigenvalue weighted by Gasteiger charge is -2.02. The summed E-state index contributed by atoms with van der Waals surface area (Å²) < 4.78 is 7.35. The first kappa shape index (κ1) is 11.6. The topological polar surface area (TPSA) is 50.8 Å². The van der Waals surface area contributed by atoms with Crippen LogP contribution in [0.15, 0.2) is 18.2 Å². The SMILES string of the molecule is CCOCCc1nc2ccc(C#N)cc2n1C. The van der Waals surface area contributed by atoms with E-state index in [1.54, 1.807) is 6.07 Å². The highest BCUT2D eigenvalue weighted by Gasteiger charge is 2.07. The molecule has 88 valence electrons. The Hall–Kier alpha value is -1.86.